The highest BCUT2D eigenvalue weighted by atomic mass is 19.1. The number of carbonyl (C=O) groups excluding carboxylic acids is 2. The summed E-state index contributed by atoms with van der Waals surface area (Å²) >= 11 is 0. The van der Waals surface area contributed by atoms with Gasteiger partial charge in [0.25, 0.3) is 5.91 Å². The number of aryl methyl sites for hydroxylation is 2. The Balaban J connectivity index is 1.90. The number of halogens is 1. The van der Waals surface area contributed by atoms with Crippen LogP contribution < -0.4 is 10.6 Å². The summed E-state index contributed by atoms with van der Waals surface area (Å²) in [4.78, 5) is 24.7. The zero-order valence-electron chi connectivity index (χ0n) is 14.8. The summed E-state index contributed by atoms with van der Waals surface area (Å²) in [6, 6.07) is 12.0. The van der Waals surface area contributed by atoms with Crippen molar-refractivity contribution in [3.63, 3.8) is 0 Å². The lowest BCUT2D eigenvalue weighted by Gasteiger charge is -2.24. The second-order valence-corrected chi connectivity index (χ2v) is 6.44. The number of hydrogen-bond donors (Lipinski definition) is 2. The molecular formula is C21H21FN2O2. The van der Waals surface area contributed by atoms with Gasteiger partial charge in [0.05, 0.1) is 0 Å². The van der Waals surface area contributed by atoms with Gasteiger partial charge in [0.15, 0.2) is 0 Å². The zero-order chi connectivity index (χ0) is 18.7. The third-order valence-electron chi connectivity index (χ3n) is 4.63. The SMILES string of the molecule is CCc1ccc(C)c(NC(=O)C2=CNC(=O)CC2c2cccc(F)c2)c1. The fourth-order valence-electron chi connectivity index (χ4n) is 3.08. The summed E-state index contributed by atoms with van der Waals surface area (Å²) in [5.41, 5.74) is 3.85. The predicted molar refractivity (Wildman–Crippen MR) is 99.2 cm³/mol. The molecule has 2 amide bonds. The van der Waals surface area contributed by atoms with Crippen molar-refractivity contribution in [3.05, 3.63) is 76.7 Å². The number of anilines is 1. The van der Waals surface area contributed by atoms with E-state index in [1.807, 2.05) is 25.1 Å². The normalized spacial score (nSPS) is 16.7. The van der Waals surface area contributed by atoms with E-state index >= 15 is 0 Å². The fraction of sp³-hybridized carbons (Fsp3) is 0.238. The van der Waals surface area contributed by atoms with Crippen molar-refractivity contribution in [2.75, 3.05) is 5.32 Å². The van der Waals surface area contributed by atoms with Crippen LogP contribution in [-0.2, 0) is 16.0 Å². The topological polar surface area (TPSA) is 58.2 Å². The molecule has 26 heavy (non-hydrogen) atoms. The minimum absolute atomic E-state index is 0.108. The van der Waals surface area contributed by atoms with Gasteiger partial charge in [-0.15, -0.1) is 0 Å². The first-order chi connectivity index (χ1) is 12.5. The fourth-order valence-corrected chi connectivity index (χ4v) is 3.08. The van der Waals surface area contributed by atoms with Crippen molar-refractivity contribution in [2.45, 2.75) is 32.6 Å². The van der Waals surface area contributed by atoms with Crippen LogP contribution in [0.15, 0.2) is 54.2 Å². The van der Waals surface area contributed by atoms with E-state index in [2.05, 4.69) is 17.6 Å². The molecule has 0 aliphatic carbocycles. The summed E-state index contributed by atoms with van der Waals surface area (Å²) in [5, 5.41) is 5.53. The van der Waals surface area contributed by atoms with Crippen molar-refractivity contribution in [1.29, 1.82) is 0 Å². The lowest BCUT2D eigenvalue weighted by Crippen LogP contribution is -2.32. The standard InChI is InChI=1S/C21H21FN2O2/c1-3-14-8-7-13(2)19(9-14)24-21(26)18-12-23-20(25)11-17(18)15-5-4-6-16(22)10-15/h4-10,12,17H,3,11H2,1-2H3,(H,23,25)(H,24,26). The van der Waals surface area contributed by atoms with Gasteiger partial charge in [-0.05, 0) is 48.2 Å². The lowest BCUT2D eigenvalue weighted by atomic mass is 9.86. The van der Waals surface area contributed by atoms with Gasteiger partial charge in [0, 0.05) is 29.8 Å². The van der Waals surface area contributed by atoms with Crippen LogP contribution in [0.25, 0.3) is 0 Å². The number of rotatable bonds is 4. The number of hydrogen-bond acceptors (Lipinski definition) is 2. The van der Waals surface area contributed by atoms with Crippen LogP contribution in [0.5, 0.6) is 0 Å². The van der Waals surface area contributed by atoms with E-state index in [9.17, 15) is 14.0 Å². The van der Waals surface area contributed by atoms with Crippen molar-refractivity contribution in [1.82, 2.24) is 5.32 Å². The van der Waals surface area contributed by atoms with Crippen molar-refractivity contribution < 1.29 is 14.0 Å². The summed E-state index contributed by atoms with van der Waals surface area (Å²) < 4.78 is 13.6. The molecule has 2 N–H and O–H groups in total. The molecule has 3 rings (SSSR count). The second kappa shape index (κ2) is 7.52. The molecule has 0 bridgehead atoms. The van der Waals surface area contributed by atoms with Crippen LogP contribution in [0.2, 0.25) is 0 Å². The van der Waals surface area contributed by atoms with Crippen LogP contribution in [0.4, 0.5) is 10.1 Å². The maximum Gasteiger partial charge on any atom is 0.253 e. The van der Waals surface area contributed by atoms with Gasteiger partial charge in [-0.3, -0.25) is 9.59 Å². The maximum absolute atomic E-state index is 13.6. The van der Waals surface area contributed by atoms with Crippen LogP contribution in [0, 0.1) is 12.7 Å². The number of benzene rings is 2. The molecule has 1 atom stereocenters. The Kier molecular flexibility index (Phi) is 5.16. The molecule has 1 aliphatic heterocycles. The van der Waals surface area contributed by atoms with Crippen molar-refractivity contribution in [2.24, 2.45) is 0 Å². The van der Waals surface area contributed by atoms with E-state index in [4.69, 9.17) is 0 Å². The van der Waals surface area contributed by atoms with Crippen molar-refractivity contribution >= 4 is 17.5 Å². The molecule has 0 radical (unpaired) electrons. The third-order valence-corrected chi connectivity index (χ3v) is 4.63. The molecule has 0 aromatic heterocycles. The molecule has 134 valence electrons. The smallest absolute Gasteiger partial charge is 0.253 e. The summed E-state index contributed by atoms with van der Waals surface area (Å²) in [6.07, 6.45) is 2.40. The van der Waals surface area contributed by atoms with E-state index < -0.39 is 5.92 Å². The molecule has 0 fully saturated rings. The van der Waals surface area contributed by atoms with Gasteiger partial charge in [-0.1, -0.05) is 31.2 Å². The van der Waals surface area contributed by atoms with E-state index in [1.54, 1.807) is 12.1 Å². The van der Waals surface area contributed by atoms with E-state index in [0.29, 0.717) is 11.1 Å². The van der Waals surface area contributed by atoms with E-state index in [0.717, 1.165) is 23.2 Å². The number of amides is 2. The largest absolute Gasteiger partial charge is 0.332 e. The Morgan fingerprint density at radius 1 is 1.27 bits per heavy atom. The quantitative estimate of drug-likeness (QED) is 0.879. The molecule has 0 saturated heterocycles. The van der Waals surface area contributed by atoms with E-state index in [1.165, 1.54) is 18.3 Å². The molecule has 0 saturated carbocycles. The van der Waals surface area contributed by atoms with Crippen LogP contribution in [-0.4, -0.2) is 11.8 Å². The minimum Gasteiger partial charge on any atom is -0.332 e. The predicted octanol–water partition coefficient (Wildman–Crippen LogP) is 3.82. The molecule has 1 aliphatic rings. The minimum atomic E-state index is -0.478. The molecule has 2 aromatic rings. The molecular weight excluding hydrogens is 331 g/mol. The Morgan fingerprint density at radius 3 is 2.81 bits per heavy atom. The summed E-state index contributed by atoms with van der Waals surface area (Å²) in [7, 11) is 0. The van der Waals surface area contributed by atoms with Gasteiger partial charge in [0.2, 0.25) is 5.91 Å². The summed E-state index contributed by atoms with van der Waals surface area (Å²) in [6.45, 7) is 3.98. The average Bonchev–Trinajstić information content (AvgIpc) is 2.63. The molecule has 5 heteroatoms. The zero-order valence-corrected chi connectivity index (χ0v) is 14.8. The molecule has 2 aromatic carbocycles. The average molecular weight is 352 g/mol. The number of carbonyl (C=O) groups is 2. The van der Waals surface area contributed by atoms with Gasteiger partial charge in [-0.25, -0.2) is 4.39 Å². The van der Waals surface area contributed by atoms with Crippen LogP contribution >= 0.6 is 0 Å². The Morgan fingerprint density at radius 2 is 2.08 bits per heavy atom. The van der Waals surface area contributed by atoms with Gasteiger partial charge in [-0.2, -0.15) is 0 Å². The Hall–Kier alpha value is -2.95. The lowest BCUT2D eigenvalue weighted by molar-refractivity contribution is -0.121. The first-order valence-corrected chi connectivity index (χ1v) is 8.63. The molecule has 1 heterocycles. The van der Waals surface area contributed by atoms with Gasteiger partial charge >= 0.3 is 0 Å². The second-order valence-electron chi connectivity index (χ2n) is 6.44. The molecule has 4 nitrogen and oxygen atoms in total. The molecule has 1 unspecified atom stereocenters. The van der Waals surface area contributed by atoms with Crippen molar-refractivity contribution in [3.8, 4) is 0 Å². The highest BCUT2D eigenvalue weighted by Crippen LogP contribution is 2.31. The van der Waals surface area contributed by atoms with E-state index in [-0.39, 0.29) is 24.1 Å². The van der Waals surface area contributed by atoms with Gasteiger partial charge in [0.1, 0.15) is 5.82 Å². The summed E-state index contributed by atoms with van der Waals surface area (Å²) in [5.74, 6) is -1.36. The van der Waals surface area contributed by atoms with Crippen LogP contribution in [0.3, 0.4) is 0 Å². The monoisotopic (exact) mass is 352 g/mol. The third kappa shape index (κ3) is 3.82. The maximum atomic E-state index is 13.6. The highest BCUT2D eigenvalue weighted by molar-refractivity contribution is 6.06. The Labute approximate surface area is 152 Å². The van der Waals surface area contributed by atoms with Gasteiger partial charge < -0.3 is 10.6 Å². The molecule has 0 spiro atoms. The van der Waals surface area contributed by atoms with Crippen LogP contribution in [0.1, 0.15) is 36.0 Å². The Bertz CT molecular complexity index is 889. The highest BCUT2D eigenvalue weighted by Gasteiger charge is 2.29. The number of nitrogens with one attached hydrogen (secondary N) is 2. The first-order valence-electron chi connectivity index (χ1n) is 8.63. The first kappa shape index (κ1) is 17.9.